The van der Waals surface area contributed by atoms with Crippen LogP contribution in [0.3, 0.4) is 0 Å². The van der Waals surface area contributed by atoms with Crippen LogP contribution in [0.1, 0.15) is 10.4 Å². The first-order chi connectivity index (χ1) is 6.27. The Morgan fingerprint density at radius 1 is 1.54 bits per heavy atom. The van der Waals surface area contributed by atoms with Gasteiger partial charge in [-0.3, -0.25) is 5.73 Å². The Morgan fingerprint density at radius 2 is 2.31 bits per heavy atom. The fourth-order valence-corrected chi connectivity index (χ4v) is 0.927. The molecule has 4 nitrogen and oxygen atoms in total. The van der Waals surface area contributed by atoms with E-state index in [4.69, 9.17) is 10.5 Å². The monoisotopic (exact) mass is 181 g/mol. The number of hydrogen-bond acceptors (Lipinski definition) is 4. The van der Waals surface area contributed by atoms with E-state index in [9.17, 15) is 4.79 Å². The molecule has 0 unspecified atom stereocenters. The highest BCUT2D eigenvalue weighted by Crippen LogP contribution is 2.13. The van der Waals surface area contributed by atoms with Crippen molar-refractivity contribution in [2.75, 3.05) is 13.8 Å². The highest BCUT2D eigenvalue weighted by Gasteiger charge is 2.05. The lowest BCUT2D eigenvalue weighted by Gasteiger charge is -2.03. The number of carbonyl (C=O) groups is 1. The maximum Gasteiger partial charge on any atom is 0.337 e. The summed E-state index contributed by atoms with van der Waals surface area (Å²) in [5, 5.41) is 0. The molecule has 0 atom stereocenters. The van der Waals surface area contributed by atoms with Gasteiger partial charge in [-0.2, -0.15) is 0 Å². The molecule has 0 radical (unpaired) electrons. The Hall–Kier alpha value is -1.55. The van der Waals surface area contributed by atoms with Gasteiger partial charge in [0, 0.05) is 0 Å². The van der Waals surface area contributed by atoms with Crippen molar-refractivity contribution in [1.82, 2.24) is 0 Å². The van der Waals surface area contributed by atoms with Gasteiger partial charge in [0.1, 0.15) is 12.5 Å². The van der Waals surface area contributed by atoms with Crippen LogP contribution in [0.25, 0.3) is 0 Å². The number of rotatable bonds is 3. The third-order valence-corrected chi connectivity index (χ3v) is 1.51. The summed E-state index contributed by atoms with van der Waals surface area (Å²) in [6.45, 7) is 0.0879. The van der Waals surface area contributed by atoms with Crippen LogP contribution in [0.4, 0.5) is 0 Å². The van der Waals surface area contributed by atoms with Crippen LogP contribution in [-0.4, -0.2) is 19.8 Å². The molecule has 1 aromatic carbocycles. The summed E-state index contributed by atoms with van der Waals surface area (Å²) in [5.74, 6) is 0.174. The van der Waals surface area contributed by atoms with Crippen molar-refractivity contribution < 1.29 is 14.3 Å². The van der Waals surface area contributed by atoms with Crippen molar-refractivity contribution in [1.29, 1.82) is 0 Å². The lowest BCUT2D eigenvalue weighted by atomic mass is 10.2. The normalized spacial score (nSPS) is 9.38. The molecule has 0 fully saturated rings. The van der Waals surface area contributed by atoms with Gasteiger partial charge >= 0.3 is 5.97 Å². The number of methoxy groups -OCH3 is 1. The molecule has 0 aliphatic carbocycles. The van der Waals surface area contributed by atoms with Crippen LogP contribution < -0.4 is 10.5 Å². The van der Waals surface area contributed by atoms with Crippen LogP contribution in [0, 0.1) is 0 Å². The SMILES string of the molecule is COC(=O)c1cccc(OCN)c1. The molecule has 70 valence electrons. The summed E-state index contributed by atoms with van der Waals surface area (Å²) in [4.78, 5) is 11.1. The van der Waals surface area contributed by atoms with Gasteiger partial charge in [-0.05, 0) is 18.2 Å². The van der Waals surface area contributed by atoms with Gasteiger partial charge < -0.3 is 9.47 Å². The van der Waals surface area contributed by atoms with Crippen molar-refractivity contribution >= 4 is 5.97 Å². The van der Waals surface area contributed by atoms with E-state index in [-0.39, 0.29) is 12.7 Å². The first kappa shape index (κ1) is 9.54. The maximum atomic E-state index is 11.1. The second kappa shape index (κ2) is 4.47. The van der Waals surface area contributed by atoms with E-state index in [0.29, 0.717) is 11.3 Å². The van der Waals surface area contributed by atoms with Crippen LogP contribution in [0.2, 0.25) is 0 Å². The van der Waals surface area contributed by atoms with Gasteiger partial charge in [-0.25, -0.2) is 4.79 Å². The number of hydrogen-bond donors (Lipinski definition) is 1. The molecule has 1 aromatic rings. The molecular weight excluding hydrogens is 170 g/mol. The minimum atomic E-state index is -0.387. The van der Waals surface area contributed by atoms with Crippen LogP contribution in [-0.2, 0) is 4.74 Å². The molecule has 1 rings (SSSR count). The van der Waals surface area contributed by atoms with E-state index in [1.54, 1.807) is 24.3 Å². The second-order valence-corrected chi connectivity index (χ2v) is 2.33. The molecule has 2 N–H and O–H groups in total. The van der Waals surface area contributed by atoms with Crippen molar-refractivity contribution in [2.24, 2.45) is 5.73 Å². The van der Waals surface area contributed by atoms with Crippen molar-refractivity contribution in [3.63, 3.8) is 0 Å². The largest absolute Gasteiger partial charge is 0.479 e. The summed E-state index contributed by atoms with van der Waals surface area (Å²) in [6, 6.07) is 6.66. The fourth-order valence-electron chi connectivity index (χ4n) is 0.927. The van der Waals surface area contributed by atoms with Gasteiger partial charge in [-0.1, -0.05) is 6.07 Å². The molecule has 4 heteroatoms. The van der Waals surface area contributed by atoms with Gasteiger partial charge in [0.15, 0.2) is 0 Å². The molecule has 0 aromatic heterocycles. The number of nitrogens with two attached hydrogens (primary N) is 1. The molecule has 0 heterocycles. The molecule has 0 aliphatic rings. The number of ether oxygens (including phenoxy) is 2. The van der Waals surface area contributed by atoms with Gasteiger partial charge in [0.05, 0.1) is 12.7 Å². The van der Waals surface area contributed by atoms with Crippen LogP contribution in [0.5, 0.6) is 5.75 Å². The van der Waals surface area contributed by atoms with E-state index in [1.807, 2.05) is 0 Å². The summed E-state index contributed by atoms with van der Waals surface area (Å²) in [6.07, 6.45) is 0. The lowest BCUT2D eigenvalue weighted by Crippen LogP contribution is -2.08. The fraction of sp³-hybridized carbons (Fsp3) is 0.222. The first-order valence-corrected chi connectivity index (χ1v) is 3.79. The Balaban J connectivity index is 2.85. The minimum Gasteiger partial charge on any atom is -0.479 e. The first-order valence-electron chi connectivity index (χ1n) is 3.79. The molecule has 0 amide bonds. The zero-order valence-electron chi connectivity index (χ0n) is 7.32. The molecule has 0 saturated heterocycles. The Kier molecular flexibility index (Phi) is 3.28. The second-order valence-electron chi connectivity index (χ2n) is 2.33. The topological polar surface area (TPSA) is 61.5 Å². The third kappa shape index (κ3) is 2.45. The molecule has 0 aliphatic heterocycles. The molecular formula is C9H11NO3. The van der Waals surface area contributed by atoms with Gasteiger partial charge in [0.25, 0.3) is 0 Å². The van der Waals surface area contributed by atoms with Crippen molar-refractivity contribution in [2.45, 2.75) is 0 Å². The predicted octanol–water partition coefficient (Wildman–Crippen LogP) is 0.768. The number of benzene rings is 1. The van der Waals surface area contributed by atoms with E-state index >= 15 is 0 Å². The van der Waals surface area contributed by atoms with Crippen LogP contribution >= 0.6 is 0 Å². The standard InChI is InChI=1S/C9H11NO3/c1-12-9(11)7-3-2-4-8(5-7)13-6-10/h2-5H,6,10H2,1H3. The molecule has 0 bridgehead atoms. The molecule has 0 saturated carbocycles. The van der Waals surface area contributed by atoms with Gasteiger partial charge in [0.2, 0.25) is 0 Å². The highest BCUT2D eigenvalue weighted by atomic mass is 16.5. The highest BCUT2D eigenvalue weighted by molar-refractivity contribution is 5.89. The van der Waals surface area contributed by atoms with E-state index in [2.05, 4.69) is 4.74 Å². The Morgan fingerprint density at radius 3 is 2.92 bits per heavy atom. The predicted molar refractivity (Wildman–Crippen MR) is 47.5 cm³/mol. The number of carbonyl (C=O) groups excluding carboxylic acids is 1. The zero-order valence-corrected chi connectivity index (χ0v) is 7.32. The van der Waals surface area contributed by atoms with E-state index < -0.39 is 0 Å². The van der Waals surface area contributed by atoms with Crippen LogP contribution in [0.15, 0.2) is 24.3 Å². The zero-order chi connectivity index (χ0) is 9.68. The average Bonchev–Trinajstić information content (AvgIpc) is 2.18. The summed E-state index contributed by atoms with van der Waals surface area (Å²) >= 11 is 0. The minimum absolute atomic E-state index is 0.0879. The maximum absolute atomic E-state index is 11.1. The Labute approximate surface area is 76.3 Å². The van der Waals surface area contributed by atoms with Crippen molar-refractivity contribution in [3.05, 3.63) is 29.8 Å². The van der Waals surface area contributed by atoms with Crippen molar-refractivity contribution in [3.8, 4) is 5.75 Å². The summed E-state index contributed by atoms with van der Waals surface area (Å²) in [5.41, 5.74) is 5.63. The lowest BCUT2D eigenvalue weighted by molar-refractivity contribution is 0.0600. The van der Waals surface area contributed by atoms with E-state index in [0.717, 1.165) is 0 Å². The number of esters is 1. The summed E-state index contributed by atoms with van der Waals surface area (Å²) in [7, 11) is 1.33. The molecule has 0 spiro atoms. The third-order valence-electron chi connectivity index (χ3n) is 1.51. The molecule has 13 heavy (non-hydrogen) atoms. The summed E-state index contributed by atoms with van der Waals surface area (Å²) < 4.78 is 9.55. The average molecular weight is 181 g/mol. The smallest absolute Gasteiger partial charge is 0.337 e. The van der Waals surface area contributed by atoms with E-state index in [1.165, 1.54) is 7.11 Å². The Bertz CT molecular complexity index is 299. The van der Waals surface area contributed by atoms with Gasteiger partial charge in [-0.15, -0.1) is 0 Å². The quantitative estimate of drug-likeness (QED) is 0.552.